The predicted molar refractivity (Wildman–Crippen MR) is 74.2 cm³/mol. The summed E-state index contributed by atoms with van der Waals surface area (Å²) in [6.45, 7) is 1.36. The van der Waals surface area contributed by atoms with Crippen molar-refractivity contribution >= 4 is 17.7 Å². The van der Waals surface area contributed by atoms with Gasteiger partial charge in [-0.1, -0.05) is 0 Å². The highest BCUT2D eigenvalue weighted by atomic mass is 19.4. The van der Waals surface area contributed by atoms with E-state index in [0.29, 0.717) is 19.4 Å². The summed E-state index contributed by atoms with van der Waals surface area (Å²) in [6.07, 6.45) is -3.43. The van der Waals surface area contributed by atoms with Crippen LogP contribution in [0.4, 0.5) is 13.2 Å². The summed E-state index contributed by atoms with van der Waals surface area (Å²) in [6, 6.07) is -2.32. The number of carbonyl (C=O) groups excluding carboxylic acids is 3. The molecule has 23 heavy (non-hydrogen) atoms. The van der Waals surface area contributed by atoms with Crippen LogP contribution in [-0.2, 0) is 14.4 Å². The van der Waals surface area contributed by atoms with Crippen LogP contribution in [0.5, 0.6) is 0 Å². The van der Waals surface area contributed by atoms with Gasteiger partial charge in [0.05, 0.1) is 6.54 Å². The van der Waals surface area contributed by atoms with E-state index in [9.17, 15) is 27.6 Å². The Kier molecular flexibility index (Phi) is 5.16. The Morgan fingerprint density at radius 3 is 2.52 bits per heavy atom. The number of alkyl halides is 3. The van der Waals surface area contributed by atoms with E-state index in [-0.39, 0.29) is 31.8 Å². The molecule has 6 nitrogen and oxygen atoms in total. The first-order valence-electron chi connectivity index (χ1n) is 7.59. The Hall–Kier alpha value is -1.80. The molecule has 0 aromatic carbocycles. The molecule has 2 aliphatic heterocycles. The molecule has 2 atom stereocenters. The summed E-state index contributed by atoms with van der Waals surface area (Å²) in [5.41, 5.74) is 0. The Morgan fingerprint density at radius 1 is 1.30 bits per heavy atom. The monoisotopic (exact) mass is 335 g/mol. The molecule has 0 bridgehead atoms. The third-order valence-electron chi connectivity index (χ3n) is 4.24. The molecule has 2 saturated heterocycles. The highest BCUT2D eigenvalue weighted by molar-refractivity contribution is 5.86. The maximum Gasteiger partial charge on any atom is 0.408 e. The number of nitrogens with one attached hydrogen (secondary N) is 1. The lowest BCUT2D eigenvalue weighted by Gasteiger charge is -2.40. The van der Waals surface area contributed by atoms with Crippen LogP contribution in [0.25, 0.3) is 0 Å². The number of rotatable bonds is 3. The van der Waals surface area contributed by atoms with Crippen molar-refractivity contribution in [3.63, 3.8) is 0 Å². The number of nitrogens with zero attached hydrogens (tertiary/aromatic N) is 2. The van der Waals surface area contributed by atoms with Crippen LogP contribution in [0, 0.1) is 0 Å². The Bertz CT molecular complexity index is 495. The predicted octanol–water partition coefficient (Wildman–Crippen LogP) is 0.667. The van der Waals surface area contributed by atoms with E-state index in [1.165, 1.54) is 4.90 Å². The molecule has 0 saturated carbocycles. The standard InChI is InChI=1S/C14H20F3N3O3/c1-9(21)20-7-10(4-5-11(20)14(15,16)17)18-12(22)8-19-6-2-3-13(19)23/h10-11H,2-8H2,1H3,(H,18,22)/t10-,11-/m0/s1. The summed E-state index contributed by atoms with van der Waals surface area (Å²) < 4.78 is 38.8. The van der Waals surface area contributed by atoms with Gasteiger partial charge in [-0.3, -0.25) is 14.4 Å². The van der Waals surface area contributed by atoms with Crippen molar-refractivity contribution in [1.29, 1.82) is 0 Å². The molecule has 130 valence electrons. The Labute approximate surface area is 132 Å². The van der Waals surface area contributed by atoms with Crippen molar-refractivity contribution in [2.45, 2.75) is 50.9 Å². The lowest BCUT2D eigenvalue weighted by molar-refractivity contribution is -0.196. The fourth-order valence-corrected chi connectivity index (χ4v) is 3.09. The third kappa shape index (κ3) is 4.35. The number of carbonyl (C=O) groups is 3. The minimum absolute atomic E-state index is 0.0852. The molecule has 3 amide bonds. The molecular weight excluding hydrogens is 315 g/mol. The van der Waals surface area contributed by atoms with E-state index in [0.717, 1.165) is 11.8 Å². The van der Waals surface area contributed by atoms with Crippen molar-refractivity contribution in [2.75, 3.05) is 19.6 Å². The second-order valence-corrected chi connectivity index (χ2v) is 5.99. The van der Waals surface area contributed by atoms with E-state index in [1.54, 1.807) is 0 Å². The van der Waals surface area contributed by atoms with Gasteiger partial charge in [0.25, 0.3) is 0 Å². The zero-order chi connectivity index (χ0) is 17.2. The molecule has 0 aromatic rings. The number of hydrogen-bond acceptors (Lipinski definition) is 3. The first-order chi connectivity index (χ1) is 10.7. The highest BCUT2D eigenvalue weighted by Gasteiger charge is 2.47. The van der Waals surface area contributed by atoms with E-state index in [2.05, 4.69) is 5.32 Å². The fraction of sp³-hybridized carbons (Fsp3) is 0.786. The van der Waals surface area contributed by atoms with Gasteiger partial charge in [0, 0.05) is 32.5 Å². The Morgan fingerprint density at radius 2 is 2.00 bits per heavy atom. The van der Waals surface area contributed by atoms with E-state index in [1.807, 2.05) is 0 Å². The van der Waals surface area contributed by atoms with Gasteiger partial charge in [-0.05, 0) is 19.3 Å². The molecular formula is C14H20F3N3O3. The van der Waals surface area contributed by atoms with Crippen LogP contribution in [0.15, 0.2) is 0 Å². The van der Waals surface area contributed by atoms with Gasteiger partial charge >= 0.3 is 6.18 Å². The summed E-state index contributed by atoms with van der Waals surface area (Å²) in [5, 5.41) is 2.63. The minimum atomic E-state index is -4.47. The zero-order valence-electron chi connectivity index (χ0n) is 12.9. The molecule has 0 aromatic heterocycles. The molecule has 9 heteroatoms. The maximum atomic E-state index is 12.9. The second-order valence-electron chi connectivity index (χ2n) is 5.99. The van der Waals surface area contributed by atoms with E-state index < -0.39 is 30.1 Å². The van der Waals surface area contributed by atoms with Crippen molar-refractivity contribution in [2.24, 2.45) is 0 Å². The van der Waals surface area contributed by atoms with Crippen LogP contribution in [0.2, 0.25) is 0 Å². The highest BCUT2D eigenvalue weighted by Crippen LogP contribution is 2.32. The molecule has 2 rings (SSSR count). The van der Waals surface area contributed by atoms with Gasteiger partial charge in [-0.2, -0.15) is 13.2 Å². The van der Waals surface area contributed by atoms with Gasteiger partial charge in [0.2, 0.25) is 17.7 Å². The molecule has 0 unspecified atom stereocenters. The average molecular weight is 335 g/mol. The quantitative estimate of drug-likeness (QED) is 0.824. The molecule has 2 heterocycles. The first-order valence-corrected chi connectivity index (χ1v) is 7.59. The number of hydrogen-bond donors (Lipinski definition) is 1. The Balaban J connectivity index is 1.91. The third-order valence-corrected chi connectivity index (χ3v) is 4.24. The topological polar surface area (TPSA) is 69.7 Å². The van der Waals surface area contributed by atoms with Crippen LogP contribution in [0.3, 0.4) is 0 Å². The number of halogens is 3. The number of amides is 3. The summed E-state index contributed by atoms with van der Waals surface area (Å²) in [5.74, 6) is -1.16. The summed E-state index contributed by atoms with van der Waals surface area (Å²) in [7, 11) is 0. The summed E-state index contributed by atoms with van der Waals surface area (Å²) >= 11 is 0. The largest absolute Gasteiger partial charge is 0.408 e. The normalized spacial score (nSPS) is 25.7. The molecule has 0 spiro atoms. The number of likely N-dealkylation sites (tertiary alicyclic amines) is 2. The van der Waals surface area contributed by atoms with Gasteiger partial charge in [0.15, 0.2) is 0 Å². The van der Waals surface area contributed by atoms with Crippen LogP contribution in [0.1, 0.15) is 32.6 Å². The summed E-state index contributed by atoms with van der Waals surface area (Å²) in [4.78, 5) is 37.1. The SMILES string of the molecule is CC(=O)N1C[C@@H](NC(=O)CN2CCCC2=O)CC[C@H]1C(F)(F)F. The van der Waals surface area contributed by atoms with Crippen molar-refractivity contribution in [1.82, 2.24) is 15.1 Å². The van der Waals surface area contributed by atoms with Gasteiger partial charge in [-0.25, -0.2) is 0 Å². The maximum absolute atomic E-state index is 12.9. The van der Waals surface area contributed by atoms with Gasteiger partial charge in [0.1, 0.15) is 6.04 Å². The van der Waals surface area contributed by atoms with E-state index >= 15 is 0 Å². The van der Waals surface area contributed by atoms with Gasteiger partial charge in [-0.15, -0.1) is 0 Å². The molecule has 2 fully saturated rings. The molecule has 2 aliphatic rings. The van der Waals surface area contributed by atoms with Crippen LogP contribution in [-0.4, -0.2) is 65.4 Å². The van der Waals surface area contributed by atoms with Crippen LogP contribution < -0.4 is 5.32 Å². The lowest BCUT2D eigenvalue weighted by atomic mass is 9.97. The van der Waals surface area contributed by atoms with Gasteiger partial charge < -0.3 is 15.1 Å². The van der Waals surface area contributed by atoms with E-state index in [4.69, 9.17) is 0 Å². The molecule has 0 radical (unpaired) electrons. The van der Waals surface area contributed by atoms with Crippen LogP contribution >= 0.6 is 0 Å². The second kappa shape index (κ2) is 6.76. The molecule has 1 N–H and O–H groups in total. The van der Waals surface area contributed by atoms with Crippen molar-refractivity contribution in [3.05, 3.63) is 0 Å². The smallest absolute Gasteiger partial charge is 0.350 e. The first kappa shape index (κ1) is 17.6. The fourth-order valence-electron chi connectivity index (χ4n) is 3.09. The van der Waals surface area contributed by atoms with Crippen molar-refractivity contribution < 1.29 is 27.6 Å². The number of piperidine rings is 1. The lowest BCUT2D eigenvalue weighted by Crippen LogP contribution is -2.58. The minimum Gasteiger partial charge on any atom is -0.350 e. The zero-order valence-corrected chi connectivity index (χ0v) is 12.9. The average Bonchev–Trinajstić information content (AvgIpc) is 2.82. The molecule has 0 aliphatic carbocycles. The van der Waals surface area contributed by atoms with Crippen molar-refractivity contribution in [3.8, 4) is 0 Å².